The molecule has 0 saturated carbocycles. The Balaban J connectivity index is 1.54. The number of nitrogens with zero attached hydrogens (tertiary/aromatic N) is 3. The van der Waals surface area contributed by atoms with E-state index in [9.17, 15) is 9.18 Å². The van der Waals surface area contributed by atoms with E-state index in [1.54, 1.807) is 13.1 Å². The summed E-state index contributed by atoms with van der Waals surface area (Å²) in [4.78, 5) is 20.8. The van der Waals surface area contributed by atoms with E-state index in [-0.39, 0.29) is 11.7 Å². The summed E-state index contributed by atoms with van der Waals surface area (Å²) in [6.07, 6.45) is 3.40. The fraction of sp³-hybridized carbons (Fsp3) is 0.391. The maximum Gasteiger partial charge on any atom is 0.253 e. The molecule has 154 valence electrons. The largest absolute Gasteiger partial charge is 0.352 e. The van der Waals surface area contributed by atoms with E-state index >= 15 is 0 Å². The first-order valence-corrected chi connectivity index (χ1v) is 10.1. The number of carbonyl (C=O) groups excluding carboxylic acids is 1. The fourth-order valence-electron chi connectivity index (χ4n) is 3.59. The summed E-state index contributed by atoms with van der Waals surface area (Å²) in [6.45, 7) is 2.87. The summed E-state index contributed by atoms with van der Waals surface area (Å²) in [5.74, 6) is 0.607. The summed E-state index contributed by atoms with van der Waals surface area (Å²) in [5.41, 5.74) is 2.69. The normalized spacial score (nSPS) is 14.6. The lowest BCUT2D eigenvalue weighted by atomic mass is 10.1. The van der Waals surface area contributed by atoms with Crippen LogP contribution in [0.25, 0.3) is 0 Å². The van der Waals surface area contributed by atoms with Crippen molar-refractivity contribution in [2.75, 3.05) is 27.2 Å². The summed E-state index contributed by atoms with van der Waals surface area (Å²) in [6, 6.07) is 14.3. The van der Waals surface area contributed by atoms with Gasteiger partial charge < -0.3 is 15.1 Å². The predicted molar refractivity (Wildman–Crippen MR) is 114 cm³/mol. The number of rotatable bonds is 5. The van der Waals surface area contributed by atoms with Crippen LogP contribution in [0.5, 0.6) is 0 Å². The molecule has 2 aromatic carbocycles. The van der Waals surface area contributed by atoms with Gasteiger partial charge in [-0.2, -0.15) is 0 Å². The van der Waals surface area contributed by atoms with Gasteiger partial charge >= 0.3 is 0 Å². The smallest absolute Gasteiger partial charge is 0.253 e. The molecular weight excluding hydrogens is 367 g/mol. The molecule has 1 fully saturated rings. The Hall–Kier alpha value is -2.89. The maximum atomic E-state index is 13.4. The maximum absolute atomic E-state index is 13.4. The van der Waals surface area contributed by atoms with Crippen molar-refractivity contribution in [2.24, 2.45) is 4.99 Å². The van der Waals surface area contributed by atoms with Crippen molar-refractivity contribution in [1.82, 2.24) is 15.1 Å². The van der Waals surface area contributed by atoms with Crippen molar-refractivity contribution in [3.63, 3.8) is 0 Å². The Labute approximate surface area is 172 Å². The van der Waals surface area contributed by atoms with Crippen LogP contribution in [0.1, 0.15) is 40.7 Å². The van der Waals surface area contributed by atoms with E-state index in [1.807, 2.05) is 47.2 Å². The molecule has 0 radical (unpaired) electrons. The number of nitrogens with one attached hydrogen (secondary N) is 1. The number of amides is 1. The van der Waals surface area contributed by atoms with Gasteiger partial charge in [0, 0.05) is 45.8 Å². The van der Waals surface area contributed by atoms with Crippen LogP contribution in [-0.4, -0.2) is 48.9 Å². The monoisotopic (exact) mass is 396 g/mol. The van der Waals surface area contributed by atoms with Crippen molar-refractivity contribution in [1.29, 1.82) is 0 Å². The van der Waals surface area contributed by atoms with Crippen LogP contribution in [0, 0.1) is 5.82 Å². The highest BCUT2D eigenvalue weighted by molar-refractivity contribution is 5.94. The van der Waals surface area contributed by atoms with Gasteiger partial charge in [-0.15, -0.1) is 0 Å². The number of piperidine rings is 1. The standard InChI is InChI=1S/C23H29FN4O/c1-25-23(27(2)17-19-7-6-8-21(24)15-19)26-16-18-9-11-20(12-10-18)22(29)28-13-4-3-5-14-28/h6-12,15H,3-5,13-14,16-17H2,1-2H3,(H,25,26). The van der Waals surface area contributed by atoms with Gasteiger partial charge in [0.05, 0.1) is 0 Å². The van der Waals surface area contributed by atoms with Gasteiger partial charge in [-0.05, 0) is 54.7 Å². The molecule has 1 aliphatic heterocycles. The molecular formula is C23H29FN4O. The van der Waals surface area contributed by atoms with Crippen LogP contribution in [0.4, 0.5) is 4.39 Å². The zero-order valence-corrected chi connectivity index (χ0v) is 17.2. The van der Waals surface area contributed by atoms with Crippen LogP contribution in [0.15, 0.2) is 53.5 Å². The molecule has 3 rings (SSSR count). The van der Waals surface area contributed by atoms with Crippen molar-refractivity contribution in [3.05, 3.63) is 71.0 Å². The number of carbonyl (C=O) groups is 1. The summed E-state index contributed by atoms with van der Waals surface area (Å²) >= 11 is 0. The van der Waals surface area contributed by atoms with E-state index in [0.29, 0.717) is 13.1 Å². The second kappa shape index (κ2) is 10.0. The highest BCUT2D eigenvalue weighted by Gasteiger charge is 2.17. The number of hydrogen-bond donors (Lipinski definition) is 1. The lowest BCUT2D eigenvalue weighted by Gasteiger charge is -2.26. The highest BCUT2D eigenvalue weighted by Crippen LogP contribution is 2.14. The first-order valence-electron chi connectivity index (χ1n) is 10.1. The first-order chi connectivity index (χ1) is 14.1. The van der Waals surface area contributed by atoms with E-state index in [0.717, 1.165) is 48.6 Å². The van der Waals surface area contributed by atoms with Gasteiger partial charge in [0.15, 0.2) is 5.96 Å². The molecule has 0 atom stereocenters. The summed E-state index contributed by atoms with van der Waals surface area (Å²) in [7, 11) is 3.64. The molecule has 0 aliphatic carbocycles. The molecule has 6 heteroatoms. The van der Waals surface area contributed by atoms with Crippen LogP contribution in [-0.2, 0) is 13.1 Å². The first kappa shape index (κ1) is 20.8. The molecule has 0 unspecified atom stereocenters. The van der Waals surface area contributed by atoms with Crippen LogP contribution in [0.3, 0.4) is 0 Å². The Kier molecular flexibility index (Phi) is 7.22. The molecule has 1 heterocycles. The van der Waals surface area contributed by atoms with Crippen molar-refractivity contribution < 1.29 is 9.18 Å². The SMILES string of the molecule is CN=C(NCc1ccc(C(=O)N2CCCCC2)cc1)N(C)Cc1cccc(F)c1. The second-order valence-corrected chi connectivity index (χ2v) is 7.44. The lowest BCUT2D eigenvalue weighted by Crippen LogP contribution is -2.38. The number of likely N-dealkylation sites (tertiary alicyclic amines) is 1. The average Bonchev–Trinajstić information content (AvgIpc) is 2.75. The third kappa shape index (κ3) is 5.79. The van der Waals surface area contributed by atoms with Crippen LogP contribution in [0.2, 0.25) is 0 Å². The van der Waals surface area contributed by atoms with Crippen molar-refractivity contribution in [2.45, 2.75) is 32.4 Å². The molecule has 29 heavy (non-hydrogen) atoms. The quantitative estimate of drug-likeness (QED) is 0.620. The number of hydrogen-bond acceptors (Lipinski definition) is 2. The Morgan fingerprint density at radius 2 is 1.83 bits per heavy atom. The van der Waals surface area contributed by atoms with Gasteiger partial charge in [-0.3, -0.25) is 9.79 Å². The van der Waals surface area contributed by atoms with Gasteiger partial charge in [0.1, 0.15) is 5.82 Å². The molecule has 1 amide bonds. The Morgan fingerprint density at radius 1 is 1.10 bits per heavy atom. The van der Waals surface area contributed by atoms with E-state index < -0.39 is 0 Å². The zero-order chi connectivity index (χ0) is 20.6. The number of benzene rings is 2. The number of guanidine groups is 1. The summed E-state index contributed by atoms with van der Waals surface area (Å²) < 4.78 is 13.4. The zero-order valence-electron chi connectivity index (χ0n) is 17.2. The van der Waals surface area contributed by atoms with E-state index in [1.165, 1.54) is 18.6 Å². The van der Waals surface area contributed by atoms with Crippen LogP contribution >= 0.6 is 0 Å². The van der Waals surface area contributed by atoms with Crippen molar-refractivity contribution in [3.8, 4) is 0 Å². The van der Waals surface area contributed by atoms with Gasteiger partial charge in [0.2, 0.25) is 0 Å². The minimum atomic E-state index is -0.238. The minimum absolute atomic E-state index is 0.120. The van der Waals surface area contributed by atoms with Gasteiger partial charge in [-0.25, -0.2) is 4.39 Å². The van der Waals surface area contributed by atoms with Crippen molar-refractivity contribution >= 4 is 11.9 Å². The lowest BCUT2D eigenvalue weighted by molar-refractivity contribution is 0.0724. The third-order valence-electron chi connectivity index (χ3n) is 5.18. The molecule has 1 saturated heterocycles. The highest BCUT2D eigenvalue weighted by atomic mass is 19.1. The topological polar surface area (TPSA) is 47.9 Å². The average molecular weight is 397 g/mol. The Morgan fingerprint density at radius 3 is 2.48 bits per heavy atom. The molecule has 0 spiro atoms. The predicted octanol–water partition coefficient (Wildman–Crippen LogP) is 3.66. The molecule has 0 bridgehead atoms. The Bertz CT molecular complexity index is 844. The molecule has 0 aromatic heterocycles. The molecule has 5 nitrogen and oxygen atoms in total. The second-order valence-electron chi connectivity index (χ2n) is 7.44. The number of halogens is 1. The third-order valence-corrected chi connectivity index (χ3v) is 5.18. The minimum Gasteiger partial charge on any atom is -0.352 e. The van der Waals surface area contributed by atoms with Gasteiger partial charge in [-0.1, -0.05) is 24.3 Å². The van der Waals surface area contributed by atoms with E-state index in [2.05, 4.69) is 10.3 Å². The molecule has 1 N–H and O–H groups in total. The van der Waals surface area contributed by atoms with Gasteiger partial charge in [0.25, 0.3) is 5.91 Å². The van der Waals surface area contributed by atoms with E-state index in [4.69, 9.17) is 0 Å². The van der Waals surface area contributed by atoms with Crippen LogP contribution < -0.4 is 5.32 Å². The molecule has 2 aromatic rings. The summed E-state index contributed by atoms with van der Waals surface area (Å²) in [5, 5.41) is 3.32. The number of aliphatic imine (C=N–C) groups is 1. The fourth-order valence-corrected chi connectivity index (χ4v) is 3.59. The molecule has 1 aliphatic rings.